The van der Waals surface area contributed by atoms with Crippen LogP contribution in [0.1, 0.15) is 35.5 Å². The van der Waals surface area contributed by atoms with Crippen molar-refractivity contribution in [2.45, 2.75) is 33.4 Å². The predicted octanol–water partition coefficient (Wildman–Crippen LogP) is 3.98. The van der Waals surface area contributed by atoms with Crippen molar-refractivity contribution in [3.05, 3.63) is 71.7 Å². The SMILES string of the molecule is Cc1cc(-c2cc(CN(C(=O)c3cn(C)cn3)C(C)C)ccn2)ccc1F. The van der Waals surface area contributed by atoms with E-state index < -0.39 is 0 Å². The van der Waals surface area contributed by atoms with Gasteiger partial charge in [0, 0.05) is 37.6 Å². The lowest BCUT2D eigenvalue weighted by Crippen LogP contribution is -2.36. The minimum absolute atomic E-state index is 0.0178. The maximum atomic E-state index is 13.5. The monoisotopic (exact) mass is 366 g/mol. The van der Waals surface area contributed by atoms with Crippen molar-refractivity contribution < 1.29 is 9.18 Å². The summed E-state index contributed by atoms with van der Waals surface area (Å²) in [6.45, 7) is 6.13. The second-order valence-electron chi connectivity index (χ2n) is 6.96. The van der Waals surface area contributed by atoms with Crippen LogP contribution in [-0.4, -0.2) is 31.4 Å². The molecule has 0 fully saturated rings. The molecule has 3 aromatic rings. The van der Waals surface area contributed by atoms with Gasteiger partial charge in [-0.25, -0.2) is 9.37 Å². The standard InChI is InChI=1S/C21H23FN4O/c1-14(2)26(21(27)20-12-25(4)13-24-20)11-16-7-8-23-19(10-16)17-5-6-18(22)15(3)9-17/h5-10,12-14H,11H2,1-4H3. The van der Waals surface area contributed by atoms with Gasteiger partial charge >= 0.3 is 0 Å². The molecule has 1 aromatic carbocycles. The quantitative estimate of drug-likeness (QED) is 0.686. The zero-order valence-electron chi connectivity index (χ0n) is 16.0. The highest BCUT2D eigenvalue weighted by atomic mass is 19.1. The summed E-state index contributed by atoms with van der Waals surface area (Å²) >= 11 is 0. The van der Waals surface area contributed by atoms with Crippen molar-refractivity contribution in [2.24, 2.45) is 7.05 Å². The lowest BCUT2D eigenvalue weighted by Gasteiger charge is -2.26. The molecule has 2 aromatic heterocycles. The first kappa shape index (κ1) is 18.8. The summed E-state index contributed by atoms with van der Waals surface area (Å²) in [5.74, 6) is -0.344. The van der Waals surface area contributed by atoms with Crippen LogP contribution in [0.5, 0.6) is 0 Å². The number of amides is 1. The number of hydrogen-bond donors (Lipinski definition) is 0. The molecule has 5 nitrogen and oxygen atoms in total. The molecule has 1 amide bonds. The number of pyridine rings is 1. The largest absolute Gasteiger partial charge is 0.340 e. The molecule has 0 N–H and O–H groups in total. The summed E-state index contributed by atoms with van der Waals surface area (Å²) < 4.78 is 15.3. The van der Waals surface area contributed by atoms with Gasteiger partial charge in [-0.2, -0.15) is 0 Å². The fraction of sp³-hybridized carbons (Fsp3) is 0.286. The van der Waals surface area contributed by atoms with E-state index in [1.54, 1.807) is 47.2 Å². The van der Waals surface area contributed by atoms with Crippen molar-refractivity contribution in [3.8, 4) is 11.3 Å². The van der Waals surface area contributed by atoms with Crippen LogP contribution in [0.15, 0.2) is 49.1 Å². The predicted molar refractivity (Wildman–Crippen MR) is 103 cm³/mol. The van der Waals surface area contributed by atoms with Crippen molar-refractivity contribution in [1.82, 2.24) is 19.4 Å². The van der Waals surface area contributed by atoms with E-state index in [0.717, 1.165) is 16.8 Å². The minimum Gasteiger partial charge on any atom is -0.340 e. The molecule has 0 aliphatic heterocycles. The van der Waals surface area contributed by atoms with Crippen LogP contribution >= 0.6 is 0 Å². The number of aryl methyl sites for hydroxylation is 2. The Morgan fingerprint density at radius 2 is 2.00 bits per heavy atom. The molecule has 3 rings (SSSR count). The molecule has 0 bridgehead atoms. The van der Waals surface area contributed by atoms with E-state index in [4.69, 9.17) is 0 Å². The zero-order chi connectivity index (χ0) is 19.6. The van der Waals surface area contributed by atoms with E-state index in [9.17, 15) is 9.18 Å². The summed E-state index contributed by atoms with van der Waals surface area (Å²) in [7, 11) is 1.84. The van der Waals surface area contributed by atoms with Gasteiger partial charge in [0.15, 0.2) is 0 Å². The third kappa shape index (κ3) is 4.22. The van der Waals surface area contributed by atoms with Crippen LogP contribution in [0.25, 0.3) is 11.3 Å². The molecule has 2 heterocycles. The zero-order valence-corrected chi connectivity index (χ0v) is 16.0. The van der Waals surface area contributed by atoms with Crippen LogP contribution in [0.2, 0.25) is 0 Å². The number of aromatic nitrogens is 3. The number of carbonyl (C=O) groups is 1. The van der Waals surface area contributed by atoms with Crippen LogP contribution in [-0.2, 0) is 13.6 Å². The fourth-order valence-corrected chi connectivity index (χ4v) is 2.89. The Morgan fingerprint density at radius 1 is 1.22 bits per heavy atom. The normalized spacial score (nSPS) is 11.0. The summed E-state index contributed by atoms with van der Waals surface area (Å²) in [5.41, 5.74) is 3.57. The van der Waals surface area contributed by atoms with Crippen molar-refractivity contribution in [1.29, 1.82) is 0 Å². The van der Waals surface area contributed by atoms with E-state index in [2.05, 4.69) is 9.97 Å². The summed E-state index contributed by atoms with van der Waals surface area (Å²) in [4.78, 5) is 23.2. The molecule has 27 heavy (non-hydrogen) atoms. The molecule has 140 valence electrons. The third-order valence-electron chi connectivity index (χ3n) is 4.44. The molecule has 0 radical (unpaired) electrons. The Bertz CT molecular complexity index is 964. The average molecular weight is 366 g/mol. The van der Waals surface area contributed by atoms with Crippen molar-refractivity contribution >= 4 is 5.91 Å². The van der Waals surface area contributed by atoms with E-state index >= 15 is 0 Å². The Labute approximate surface area is 158 Å². The first-order valence-corrected chi connectivity index (χ1v) is 8.85. The Kier molecular flexibility index (Phi) is 5.35. The maximum Gasteiger partial charge on any atom is 0.274 e. The van der Waals surface area contributed by atoms with Crippen LogP contribution in [0, 0.1) is 12.7 Å². The Morgan fingerprint density at radius 3 is 2.63 bits per heavy atom. The van der Waals surface area contributed by atoms with Gasteiger partial charge in [-0.3, -0.25) is 9.78 Å². The van der Waals surface area contributed by atoms with E-state index in [-0.39, 0.29) is 17.8 Å². The number of rotatable bonds is 5. The molecule has 0 unspecified atom stereocenters. The number of nitrogens with zero attached hydrogens (tertiary/aromatic N) is 4. The molecular formula is C21H23FN4O. The number of imidazole rings is 1. The highest BCUT2D eigenvalue weighted by Gasteiger charge is 2.21. The van der Waals surface area contributed by atoms with Gasteiger partial charge < -0.3 is 9.47 Å². The number of carbonyl (C=O) groups excluding carboxylic acids is 1. The molecule has 0 aliphatic carbocycles. The van der Waals surface area contributed by atoms with Crippen LogP contribution < -0.4 is 0 Å². The first-order chi connectivity index (χ1) is 12.8. The van der Waals surface area contributed by atoms with Gasteiger partial charge in [-0.05, 0) is 62.2 Å². The van der Waals surface area contributed by atoms with Crippen LogP contribution in [0.4, 0.5) is 4.39 Å². The maximum absolute atomic E-state index is 13.5. The van der Waals surface area contributed by atoms with Gasteiger partial charge in [0.2, 0.25) is 0 Å². The highest BCUT2D eigenvalue weighted by molar-refractivity contribution is 5.92. The molecule has 0 saturated carbocycles. The molecule has 0 spiro atoms. The summed E-state index contributed by atoms with van der Waals surface area (Å²) in [6.07, 6.45) is 5.05. The molecule has 0 aliphatic rings. The van der Waals surface area contributed by atoms with Crippen molar-refractivity contribution in [3.63, 3.8) is 0 Å². The summed E-state index contributed by atoms with van der Waals surface area (Å²) in [5, 5.41) is 0. The van der Waals surface area contributed by atoms with E-state index in [1.165, 1.54) is 6.07 Å². The lowest BCUT2D eigenvalue weighted by molar-refractivity contribution is 0.0684. The second kappa shape index (κ2) is 7.70. The topological polar surface area (TPSA) is 51.0 Å². The number of benzene rings is 1. The van der Waals surface area contributed by atoms with Crippen LogP contribution in [0.3, 0.4) is 0 Å². The van der Waals surface area contributed by atoms with Gasteiger partial charge in [0.25, 0.3) is 5.91 Å². The van der Waals surface area contributed by atoms with E-state index in [1.807, 2.05) is 33.0 Å². The smallest absolute Gasteiger partial charge is 0.274 e. The Balaban J connectivity index is 1.86. The van der Waals surface area contributed by atoms with Gasteiger partial charge in [0.05, 0.1) is 12.0 Å². The van der Waals surface area contributed by atoms with E-state index in [0.29, 0.717) is 17.8 Å². The molecular weight excluding hydrogens is 343 g/mol. The molecule has 0 atom stereocenters. The summed E-state index contributed by atoms with van der Waals surface area (Å²) in [6, 6.07) is 8.79. The number of hydrogen-bond acceptors (Lipinski definition) is 3. The fourth-order valence-electron chi connectivity index (χ4n) is 2.89. The minimum atomic E-state index is -0.234. The van der Waals surface area contributed by atoms with Gasteiger partial charge in [0.1, 0.15) is 11.5 Å². The second-order valence-corrected chi connectivity index (χ2v) is 6.96. The van der Waals surface area contributed by atoms with Gasteiger partial charge in [-0.15, -0.1) is 0 Å². The molecule has 0 saturated heterocycles. The highest BCUT2D eigenvalue weighted by Crippen LogP contribution is 2.22. The van der Waals surface area contributed by atoms with Gasteiger partial charge in [-0.1, -0.05) is 0 Å². The lowest BCUT2D eigenvalue weighted by atomic mass is 10.1. The Hall–Kier alpha value is -3.02. The first-order valence-electron chi connectivity index (χ1n) is 8.85. The molecule has 6 heteroatoms. The average Bonchev–Trinajstić information content (AvgIpc) is 3.08. The number of halogens is 1. The third-order valence-corrected chi connectivity index (χ3v) is 4.44. The van der Waals surface area contributed by atoms with Crippen molar-refractivity contribution in [2.75, 3.05) is 0 Å².